The highest BCUT2D eigenvalue weighted by atomic mass is 16.4. The van der Waals surface area contributed by atoms with Crippen LogP contribution in [0.4, 0.5) is 0 Å². The number of fused-ring (bicyclic) bond motifs is 5. The number of aliphatic carboxylic acids is 1. The van der Waals surface area contributed by atoms with Crippen molar-refractivity contribution in [3.05, 3.63) is 12.2 Å². The Balaban J connectivity index is 1.61. The molecule has 6 heteroatoms. The molecule has 6 nitrogen and oxygen atoms in total. The van der Waals surface area contributed by atoms with Crippen LogP contribution >= 0.6 is 0 Å². The van der Waals surface area contributed by atoms with E-state index in [0.717, 1.165) is 25.7 Å². The summed E-state index contributed by atoms with van der Waals surface area (Å²) in [5.41, 5.74) is -4.05. The van der Waals surface area contributed by atoms with Crippen molar-refractivity contribution in [1.29, 1.82) is 0 Å². The van der Waals surface area contributed by atoms with E-state index in [0.29, 0.717) is 24.7 Å². The van der Waals surface area contributed by atoms with Crippen molar-refractivity contribution in [2.24, 2.45) is 34.5 Å². The van der Waals surface area contributed by atoms with Gasteiger partial charge in [-0.15, -0.1) is 0 Å². The molecule has 4 aliphatic rings. The molecule has 3 fully saturated rings. The molecule has 0 aromatic carbocycles. The van der Waals surface area contributed by atoms with E-state index in [-0.39, 0.29) is 23.3 Å². The molecule has 2 amide bonds. The first-order chi connectivity index (χ1) is 16.0. The topological polar surface area (TPSA) is 95.5 Å². The van der Waals surface area contributed by atoms with Gasteiger partial charge in [-0.05, 0) is 81.5 Å². The first-order valence-corrected chi connectivity index (χ1v) is 10.5. The second kappa shape index (κ2) is 6.58. The fourth-order valence-corrected chi connectivity index (χ4v) is 7.09. The van der Waals surface area contributed by atoms with E-state index in [1.54, 1.807) is 6.08 Å². The van der Waals surface area contributed by atoms with Crippen LogP contribution in [0, 0.1) is 34.5 Å². The Labute approximate surface area is 181 Å². The monoisotopic (exact) mass is 408 g/mol. The predicted molar refractivity (Wildman–Crippen MR) is 109 cm³/mol. The number of carboxylic acid groups (broad SMARTS) is 1. The number of rotatable bonds is 3. The number of amides is 2. The zero-order valence-corrected chi connectivity index (χ0v) is 17.0. The Morgan fingerprint density at radius 2 is 1.97 bits per heavy atom. The van der Waals surface area contributed by atoms with Crippen LogP contribution in [-0.2, 0) is 14.4 Å². The summed E-state index contributed by atoms with van der Waals surface area (Å²) in [6.07, 6.45) is 8.04. The molecule has 0 spiro atoms. The van der Waals surface area contributed by atoms with Crippen molar-refractivity contribution in [1.82, 2.24) is 10.6 Å². The van der Waals surface area contributed by atoms with Gasteiger partial charge in [0.15, 0.2) is 0 Å². The molecular weight excluding hydrogens is 368 g/mol. The lowest BCUT2D eigenvalue weighted by Gasteiger charge is -2.58. The highest BCUT2D eigenvalue weighted by Crippen LogP contribution is 2.65. The van der Waals surface area contributed by atoms with Gasteiger partial charge in [0.05, 0.1) is 0 Å². The average molecular weight is 409 g/mol. The largest absolute Gasteiger partial charge is 0.480 e. The van der Waals surface area contributed by atoms with Gasteiger partial charge in [-0.3, -0.25) is 9.59 Å². The maximum atomic E-state index is 13.5. The van der Waals surface area contributed by atoms with E-state index in [4.69, 9.17) is 8.22 Å². The third-order valence-electron chi connectivity index (χ3n) is 8.63. The number of hydrogen-bond donors (Lipinski definition) is 3. The maximum absolute atomic E-state index is 13.5. The SMILES string of the molecule is [2H]C([2H])([2H])C(NC(=O)[C@H]1CC[C@H]2[C@@H]3CC[C@H]4NC(=O)C=C[C@]4(C)[C@H]3CC[C@]12C)(C(=O)O)C([2H])([2H])[2H]. The predicted octanol–water partition coefficient (Wildman–Crippen LogP) is 2.88. The van der Waals surface area contributed by atoms with Gasteiger partial charge in [0.2, 0.25) is 11.8 Å². The summed E-state index contributed by atoms with van der Waals surface area (Å²) in [4.78, 5) is 37.4. The zero-order valence-electron chi connectivity index (χ0n) is 23.0. The van der Waals surface area contributed by atoms with Crippen LogP contribution in [0.25, 0.3) is 0 Å². The molecule has 3 N–H and O–H groups in total. The summed E-state index contributed by atoms with van der Waals surface area (Å²) in [5.74, 6) is -2.86. The molecule has 0 saturated heterocycles. The molecule has 0 bridgehead atoms. The second-order valence-electron chi connectivity index (χ2n) is 9.93. The lowest BCUT2D eigenvalue weighted by atomic mass is 9.48. The van der Waals surface area contributed by atoms with Crippen molar-refractivity contribution in [2.45, 2.75) is 77.7 Å². The van der Waals surface area contributed by atoms with Crippen LogP contribution in [0.15, 0.2) is 12.2 Å². The average Bonchev–Trinajstić information content (AvgIpc) is 3.07. The summed E-state index contributed by atoms with van der Waals surface area (Å²) in [5, 5.41) is 14.8. The van der Waals surface area contributed by atoms with Gasteiger partial charge in [-0.25, -0.2) is 4.79 Å². The van der Waals surface area contributed by atoms with E-state index >= 15 is 0 Å². The molecule has 1 heterocycles. The molecule has 0 unspecified atom stereocenters. The number of carbonyl (C=O) groups excluding carboxylic acids is 2. The maximum Gasteiger partial charge on any atom is 0.328 e. The molecule has 3 saturated carbocycles. The summed E-state index contributed by atoms with van der Waals surface area (Å²) in [6, 6.07) is 0.0702. The first kappa shape index (κ1) is 14.2. The van der Waals surface area contributed by atoms with Crippen molar-refractivity contribution in [3.63, 3.8) is 0 Å². The van der Waals surface area contributed by atoms with Crippen molar-refractivity contribution in [2.75, 3.05) is 0 Å². The standard InChI is InChI=1S/C23H34N2O4/c1-21(2,20(28)29)25-19(27)16-7-6-14-13-5-8-17-23(4,12-10-18(26)24-17)15(13)9-11-22(14,16)3/h10,12-17H,5-9,11H2,1-4H3,(H,24,26)(H,25,27)(H,28,29)/t13-,14-,15-,16+,17+,22-,23+/m0/s1/i1D3,2D3. The number of carboxylic acids is 1. The quantitative estimate of drug-likeness (QED) is 0.669. The summed E-state index contributed by atoms with van der Waals surface area (Å²) in [6.45, 7) is -2.76. The number of nitrogens with one attached hydrogen (secondary N) is 2. The summed E-state index contributed by atoms with van der Waals surface area (Å²) in [7, 11) is 0. The van der Waals surface area contributed by atoms with Crippen molar-refractivity contribution >= 4 is 17.8 Å². The molecule has 7 atom stereocenters. The molecule has 0 radical (unpaired) electrons. The Kier molecular flexibility index (Phi) is 3.22. The van der Waals surface area contributed by atoms with Gasteiger partial charge < -0.3 is 15.7 Å². The summed E-state index contributed by atoms with van der Waals surface area (Å²) >= 11 is 0. The van der Waals surface area contributed by atoms with E-state index < -0.39 is 42.5 Å². The Hall–Kier alpha value is -1.85. The molecule has 0 aromatic heterocycles. The smallest absolute Gasteiger partial charge is 0.328 e. The molecule has 160 valence electrons. The zero-order chi connectivity index (χ0) is 26.2. The van der Waals surface area contributed by atoms with Gasteiger partial charge in [-0.2, -0.15) is 0 Å². The molecule has 0 aromatic rings. The minimum absolute atomic E-state index is 0.0702. The minimum Gasteiger partial charge on any atom is -0.480 e. The van der Waals surface area contributed by atoms with E-state index in [2.05, 4.69) is 12.2 Å². The number of hydrogen-bond acceptors (Lipinski definition) is 3. The van der Waals surface area contributed by atoms with Crippen LogP contribution in [0.5, 0.6) is 0 Å². The molecule has 29 heavy (non-hydrogen) atoms. The lowest BCUT2D eigenvalue weighted by Crippen LogP contribution is -2.60. The lowest BCUT2D eigenvalue weighted by molar-refractivity contribution is -0.148. The van der Waals surface area contributed by atoms with Crippen LogP contribution in [-0.4, -0.2) is 34.5 Å². The summed E-state index contributed by atoms with van der Waals surface area (Å²) < 4.78 is 46.2. The van der Waals surface area contributed by atoms with Gasteiger partial charge >= 0.3 is 5.97 Å². The third kappa shape index (κ3) is 3.01. The number of carbonyl (C=O) groups is 3. The van der Waals surface area contributed by atoms with Gasteiger partial charge in [0, 0.05) is 25.6 Å². The Bertz CT molecular complexity index is 949. The fourth-order valence-electron chi connectivity index (χ4n) is 7.09. The van der Waals surface area contributed by atoms with Gasteiger partial charge in [-0.1, -0.05) is 19.9 Å². The first-order valence-electron chi connectivity index (χ1n) is 13.5. The van der Waals surface area contributed by atoms with Gasteiger partial charge in [0.25, 0.3) is 0 Å². The minimum atomic E-state index is -3.47. The van der Waals surface area contributed by atoms with E-state index in [1.165, 1.54) is 0 Å². The molecule has 3 aliphatic carbocycles. The molecular formula is C23H34N2O4. The molecule has 4 rings (SSSR count). The van der Waals surface area contributed by atoms with Crippen LogP contribution in [0.1, 0.15) is 74.3 Å². The molecule has 1 aliphatic heterocycles. The van der Waals surface area contributed by atoms with Crippen LogP contribution in [0.3, 0.4) is 0 Å². The fraction of sp³-hybridized carbons (Fsp3) is 0.783. The highest BCUT2D eigenvalue weighted by molar-refractivity contribution is 5.89. The Morgan fingerprint density at radius 1 is 1.21 bits per heavy atom. The van der Waals surface area contributed by atoms with Gasteiger partial charge in [0.1, 0.15) is 5.54 Å². The van der Waals surface area contributed by atoms with Crippen LogP contribution < -0.4 is 10.6 Å². The third-order valence-corrected chi connectivity index (χ3v) is 8.63. The normalized spacial score (nSPS) is 47.5. The Morgan fingerprint density at radius 3 is 2.66 bits per heavy atom. The van der Waals surface area contributed by atoms with Crippen LogP contribution in [0.2, 0.25) is 0 Å². The van der Waals surface area contributed by atoms with Crippen molar-refractivity contribution in [3.8, 4) is 0 Å². The van der Waals surface area contributed by atoms with E-state index in [9.17, 15) is 19.5 Å². The second-order valence-corrected chi connectivity index (χ2v) is 9.93. The van der Waals surface area contributed by atoms with E-state index in [1.807, 2.05) is 18.3 Å². The highest BCUT2D eigenvalue weighted by Gasteiger charge is 2.61. The van der Waals surface area contributed by atoms with Crippen molar-refractivity contribution < 1.29 is 27.7 Å².